The average molecular weight is 428 g/mol. The van der Waals surface area contributed by atoms with Gasteiger partial charge in [-0.1, -0.05) is 54.1 Å². The molecular weight excluding hydrogens is 414 g/mol. The van der Waals surface area contributed by atoms with Crippen molar-refractivity contribution >= 4 is 39.6 Å². The second kappa shape index (κ2) is 7.34. The van der Waals surface area contributed by atoms with Crippen LogP contribution in [0.3, 0.4) is 0 Å². The number of H-pyrrole nitrogens is 1. The van der Waals surface area contributed by atoms with E-state index in [1.807, 2.05) is 24.3 Å². The van der Waals surface area contributed by atoms with E-state index in [-0.39, 0.29) is 0 Å². The molecule has 0 radical (unpaired) electrons. The maximum atomic E-state index is 13.3. The van der Waals surface area contributed by atoms with Gasteiger partial charge in [0.2, 0.25) is 0 Å². The summed E-state index contributed by atoms with van der Waals surface area (Å²) in [7, 11) is 0. The molecule has 0 aliphatic heterocycles. The van der Waals surface area contributed by atoms with Gasteiger partial charge in [-0.05, 0) is 23.8 Å². The third kappa shape index (κ3) is 3.05. The van der Waals surface area contributed by atoms with Gasteiger partial charge in [0.25, 0.3) is 5.56 Å². The molecule has 0 aliphatic rings. The van der Waals surface area contributed by atoms with Gasteiger partial charge in [-0.2, -0.15) is 0 Å². The highest BCUT2D eigenvalue weighted by Gasteiger charge is 2.15. The minimum atomic E-state index is -0.581. The lowest BCUT2D eigenvalue weighted by molar-refractivity contribution is 0.112. The SMILES string of the molecule is O=Cc1cccc(Cl)c1-c1ccc2c(=O)n(-c3cncc4ccccc34)c(=O)[nH]c2c1. The largest absolute Gasteiger partial charge is 0.333 e. The summed E-state index contributed by atoms with van der Waals surface area (Å²) < 4.78 is 1.09. The van der Waals surface area contributed by atoms with Crippen molar-refractivity contribution in [3.63, 3.8) is 0 Å². The summed E-state index contributed by atoms with van der Waals surface area (Å²) in [5.41, 5.74) is 1.31. The lowest BCUT2D eigenvalue weighted by Gasteiger charge is -2.11. The number of fused-ring (bicyclic) bond motifs is 2. The average Bonchev–Trinajstić information content (AvgIpc) is 2.78. The fourth-order valence-corrected chi connectivity index (χ4v) is 4.11. The molecule has 2 aromatic heterocycles. The number of nitrogens with one attached hydrogen (secondary N) is 1. The summed E-state index contributed by atoms with van der Waals surface area (Å²) in [6.45, 7) is 0. The summed E-state index contributed by atoms with van der Waals surface area (Å²) >= 11 is 6.31. The van der Waals surface area contributed by atoms with Crippen LogP contribution in [-0.2, 0) is 0 Å². The monoisotopic (exact) mass is 427 g/mol. The molecule has 3 aromatic carbocycles. The Hall–Kier alpha value is -4.03. The molecule has 5 rings (SSSR count). The molecule has 1 N–H and O–H groups in total. The Bertz CT molecular complexity index is 1610. The van der Waals surface area contributed by atoms with E-state index >= 15 is 0 Å². The second-order valence-corrected chi connectivity index (χ2v) is 7.44. The molecule has 0 bridgehead atoms. The number of benzene rings is 3. The van der Waals surface area contributed by atoms with E-state index in [2.05, 4.69) is 9.97 Å². The summed E-state index contributed by atoms with van der Waals surface area (Å²) in [6.07, 6.45) is 3.90. The number of hydrogen-bond acceptors (Lipinski definition) is 4. The summed E-state index contributed by atoms with van der Waals surface area (Å²) in [5, 5.41) is 2.30. The molecule has 7 heteroatoms. The zero-order valence-electron chi connectivity index (χ0n) is 16.0. The predicted molar refractivity (Wildman–Crippen MR) is 121 cm³/mol. The smallest absolute Gasteiger partial charge is 0.306 e. The number of aromatic nitrogens is 3. The van der Waals surface area contributed by atoms with E-state index in [4.69, 9.17) is 11.6 Å². The molecule has 0 aliphatic carbocycles. The van der Waals surface area contributed by atoms with E-state index in [9.17, 15) is 14.4 Å². The summed E-state index contributed by atoms with van der Waals surface area (Å²) in [6, 6.07) is 17.4. The standard InChI is InChI=1S/C24H14ClN3O3/c25-19-7-3-5-16(13-29)22(19)14-8-9-18-20(10-14)27-24(31)28(23(18)30)21-12-26-11-15-4-1-2-6-17(15)21/h1-13H,(H,27,31). The van der Waals surface area contributed by atoms with Crippen LogP contribution >= 0.6 is 11.6 Å². The molecule has 0 spiro atoms. The molecule has 150 valence electrons. The highest BCUT2D eigenvalue weighted by Crippen LogP contribution is 2.31. The first-order valence-electron chi connectivity index (χ1n) is 9.45. The van der Waals surface area contributed by atoms with Crippen molar-refractivity contribution < 1.29 is 4.79 Å². The van der Waals surface area contributed by atoms with Crippen LogP contribution in [0, 0.1) is 0 Å². The minimum absolute atomic E-state index is 0.330. The van der Waals surface area contributed by atoms with Gasteiger partial charge in [0.05, 0.1) is 22.8 Å². The minimum Gasteiger partial charge on any atom is -0.306 e. The predicted octanol–water partition coefficient (Wildman–Crippen LogP) is 4.36. The Morgan fingerprint density at radius 1 is 0.935 bits per heavy atom. The molecule has 5 aromatic rings. The topological polar surface area (TPSA) is 84.8 Å². The number of carbonyl (C=O) groups excluding carboxylic acids is 1. The van der Waals surface area contributed by atoms with Crippen LogP contribution < -0.4 is 11.2 Å². The molecule has 0 saturated carbocycles. The maximum absolute atomic E-state index is 13.3. The van der Waals surface area contributed by atoms with Gasteiger partial charge < -0.3 is 4.98 Å². The fourth-order valence-electron chi connectivity index (χ4n) is 3.81. The molecule has 0 atom stereocenters. The van der Waals surface area contributed by atoms with Crippen molar-refractivity contribution in [2.45, 2.75) is 0 Å². The second-order valence-electron chi connectivity index (χ2n) is 7.03. The van der Waals surface area contributed by atoms with Gasteiger partial charge in [-0.3, -0.25) is 14.6 Å². The third-order valence-corrected chi connectivity index (χ3v) is 5.56. The fraction of sp³-hybridized carbons (Fsp3) is 0. The summed E-state index contributed by atoms with van der Waals surface area (Å²) in [4.78, 5) is 44.6. The van der Waals surface area contributed by atoms with Crippen LogP contribution in [0.2, 0.25) is 5.02 Å². The Morgan fingerprint density at radius 2 is 1.77 bits per heavy atom. The zero-order valence-corrected chi connectivity index (χ0v) is 16.8. The van der Waals surface area contributed by atoms with Crippen LogP contribution in [-0.4, -0.2) is 20.8 Å². The Kier molecular flexibility index (Phi) is 4.49. The lowest BCUT2D eigenvalue weighted by Crippen LogP contribution is -2.33. The van der Waals surface area contributed by atoms with Gasteiger partial charge in [0.15, 0.2) is 6.29 Å². The van der Waals surface area contributed by atoms with E-state index in [0.717, 1.165) is 21.6 Å². The van der Waals surface area contributed by atoms with Gasteiger partial charge in [0, 0.05) is 33.1 Å². The van der Waals surface area contributed by atoms with E-state index in [1.165, 1.54) is 6.20 Å². The number of hydrogen-bond donors (Lipinski definition) is 1. The molecule has 0 fully saturated rings. The van der Waals surface area contributed by atoms with Gasteiger partial charge in [-0.25, -0.2) is 9.36 Å². The van der Waals surface area contributed by atoms with Crippen molar-refractivity contribution in [2.24, 2.45) is 0 Å². The molecule has 31 heavy (non-hydrogen) atoms. The van der Waals surface area contributed by atoms with Gasteiger partial charge >= 0.3 is 5.69 Å². The number of rotatable bonds is 3. The number of nitrogens with zero attached hydrogens (tertiary/aromatic N) is 2. The number of aldehydes is 1. The molecule has 0 amide bonds. The van der Waals surface area contributed by atoms with Crippen molar-refractivity contribution in [1.29, 1.82) is 0 Å². The van der Waals surface area contributed by atoms with Crippen molar-refractivity contribution in [3.8, 4) is 16.8 Å². The maximum Gasteiger partial charge on any atom is 0.333 e. The van der Waals surface area contributed by atoms with Crippen LogP contribution in [0.5, 0.6) is 0 Å². The Morgan fingerprint density at radius 3 is 2.61 bits per heavy atom. The van der Waals surface area contributed by atoms with Crippen LogP contribution in [0.4, 0.5) is 0 Å². The summed E-state index contributed by atoms with van der Waals surface area (Å²) in [5.74, 6) is 0. The van der Waals surface area contributed by atoms with E-state index in [1.54, 1.807) is 42.6 Å². The highest BCUT2D eigenvalue weighted by atomic mass is 35.5. The van der Waals surface area contributed by atoms with Crippen molar-refractivity contribution in [3.05, 3.63) is 104 Å². The molecule has 0 unspecified atom stereocenters. The molecule has 2 heterocycles. The van der Waals surface area contributed by atoms with Gasteiger partial charge in [0.1, 0.15) is 0 Å². The zero-order chi connectivity index (χ0) is 21.5. The van der Waals surface area contributed by atoms with E-state index < -0.39 is 11.2 Å². The molecule has 0 saturated heterocycles. The number of pyridine rings is 1. The van der Waals surface area contributed by atoms with Crippen LogP contribution in [0.25, 0.3) is 38.5 Å². The van der Waals surface area contributed by atoms with Crippen molar-refractivity contribution in [2.75, 3.05) is 0 Å². The van der Waals surface area contributed by atoms with Crippen LogP contribution in [0.1, 0.15) is 10.4 Å². The highest BCUT2D eigenvalue weighted by molar-refractivity contribution is 6.34. The Balaban J connectivity index is 1.78. The number of aromatic amines is 1. The molecule has 6 nitrogen and oxygen atoms in total. The lowest BCUT2D eigenvalue weighted by atomic mass is 9.99. The Labute approximate surface area is 180 Å². The first-order valence-corrected chi connectivity index (χ1v) is 9.82. The number of halogens is 1. The van der Waals surface area contributed by atoms with Crippen LogP contribution in [0.15, 0.2) is 82.6 Å². The normalized spacial score (nSPS) is 11.1. The first-order chi connectivity index (χ1) is 15.1. The van der Waals surface area contributed by atoms with Gasteiger partial charge in [-0.15, -0.1) is 0 Å². The molecular formula is C24H14ClN3O3. The van der Waals surface area contributed by atoms with E-state index in [0.29, 0.717) is 38.3 Å². The quantitative estimate of drug-likeness (QED) is 0.433. The van der Waals surface area contributed by atoms with Crippen molar-refractivity contribution in [1.82, 2.24) is 14.5 Å². The number of carbonyl (C=O) groups is 1. The first kappa shape index (κ1) is 19.0. The third-order valence-electron chi connectivity index (χ3n) is 5.25.